The van der Waals surface area contributed by atoms with Gasteiger partial charge in [-0.1, -0.05) is 59.6 Å². The number of fused-ring (bicyclic) bond motifs is 2. The SMILES string of the molecule is COc1nc(O[C@H]2CCc3c(-c4cccc(-c5cc(C)c(CN6C[C@@H]7C8C6[C@@]87C(=O)O)c(OC)n5)c4Cl)cccc32)c(Cl)cc1CNC[C@@H]1CCC(=O)N1. The Morgan fingerprint density at radius 2 is 1.80 bits per heavy atom. The number of rotatable bonds is 13. The molecule has 4 aromatic rings. The molecule has 0 radical (unpaired) electrons. The van der Waals surface area contributed by atoms with Gasteiger partial charge in [-0.2, -0.15) is 4.98 Å². The number of benzene rings is 2. The number of hydrogen-bond acceptors (Lipinski definition) is 9. The highest BCUT2D eigenvalue weighted by molar-refractivity contribution is 6.36. The van der Waals surface area contributed by atoms with Crippen LogP contribution in [0.1, 0.15) is 53.2 Å². The van der Waals surface area contributed by atoms with Crippen LogP contribution in [-0.2, 0) is 29.1 Å². The van der Waals surface area contributed by atoms with Crippen molar-refractivity contribution in [2.24, 2.45) is 17.3 Å². The number of aryl methyl sites for hydroxylation is 1. The monoisotopic (exact) mass is 769 g/mol. The molecule has 3 aliphatic heterocycles. The topological polar surface area (TPSA) is 135 Å². The van der Waals surface area contributed by atoms with Crippen molar-refractivity contribution in [3.05, 3.63) is 86.4 Å². The first-order valence-electron chi connectivity index (χ1n) is 18.5. The predicted molar refractivity (Wildman–Crippen MR) is 203 cm³/mol. The van der Waals surface area contributed by atoms with E-state index >= 15 is 0 Å². The highest BCUT2D eigenvalue weighted by Crippen LogP contribution is 2.85. The molecule has 6 aliphatic rings. The van der Waals surface area contributed by atoms with Crippen molar-refractivity contribution < 1.29 is 28.9 Å². The maximum atomic E-state index is 11.9. The number of pyridine rings is 2. The van der Waals surface area contributed by atoms with Crippen molar-refractivity contribution in [3.63, 3.8) is 0 Å². The van der Waals surface area contributed by atoms with Crippen LogP contribution in [0.5, 0.6) is 17.6 Å². The number of aromatic nitrogens is 2. The third kappa shape index (κ3) is 5.62. The van der Waals surface area contributed by atoms with E-state index in [1.54, 1.807) is 14.2 Å². The van der Waals surface area contributed by atoms with Crippen LogP contribution >= 0.6 is 23.2 Å². The molecular formula is C41H41Cl2N5O6. The zero-order valence-electron chi connectivity index (χ0n) is 30.2. The fourth-order valence-corrected chi connectivity index (χ4v) is 10.1. The number of nitrogens with zero attached hydrogens (tertiary/aromatic N) is 3. The van der Waals surface area contributed by atoms with Crippen molar-refractivity contribution in [1.29, 1.82) is 0 Å². The number of carboxylic acid groups (broad SMARTS) is 1. The summed E-state index contributed by atoms with van der Waals surface area (Å²) in [6.45, 7) is 4.59. The smallest absolute Gasteiger partial charge is 0.311 e. The molecule has 5 fully saturated rings. The van der Waals surface area contributed by atoms with Gasteiger partial charge in [0.2, 0.25) is 23.5 Å². The first kappa shape index (κ1) is 35.3. The molecule has 3 aliphatic carbocycles. The molecule has 2 bridgehead atoms. The van der Waals surface area contributed by atoms with Crippen molar-refractivity contribution in [2.75, 3.05) is 27.3 Å². The van der Waals surface area contributed by atoms with E-state index in [4.69, 9.17) is 42.4 Å². The van der Waals surface area contributed by atoms with Gasteiger partial charge in [-0.3, -0.25) is 14.5 Å². The number of carbonyl (C=O) groups excluding carboxylic acids is 1. The Balaban J connectivity index is 0.935. The molecule has 11 nitrogen and oxygen atoms in total. The Kier molecular flexibility index (Phi) is 8.76. The van der Waals surface area contributed by atoms with Gasteiger partial charge in [-0.15, -0.1) is 0 Å². The Morgan fingerprint density at radius 1 is 1.02 bits per heavy atom. The molecule has 13 heteroatoms. The van der Waals surface area contributed by atoms with Crippen LogP contribution < -0.4 is 24.8 Å². The molecule has 54 heavy (non-hydrogen) atoms. The van der Waals surface area contributed by atoms with E-state index in [0.29, 0.717) is 65.4 Å². The molecular weight excluding hydrogens is 729 g/mol. The molecule has 280 valence electrons. The first-order valence-corrected chi connectivity index (χ1v) is 19.2. The summed E-state index contributed by atoms with van der Waals surface area (Å²) in [5.41, 5.74) is 7.96. The summed E-state index contributed by atoms with van der Waals surface area (Å²) in [5.74, 6) is 1.28. The number of amides is 1. The molecule has 6 atom stereocenters. The number of halogens is 2. The largest absolute Gasteiger partial charge is 0.481 e. The van der Waals surface area contributed by atoms with Gasteiger partial charge in [0, 0.05) is 66.9 Å². The normalized spacial score (nSPS) is 25.9. The molecule has 3 saturated heterocycles. The highest BCUT2D eigenvalue weighted by Gasteiger charge is 2.96. The Morgan fingerprint density at radius 3 is 2.52 bits per heavy atom. The molecule has 2 aromatic carbocycles. The lowest BCUT2D eigenvalue weighted by Gasteiger charge is -2.20. The summed E-state index contributed by atoms with van der Waals surface area (Å²) in [6.07, 6.45) is 2.64. The van der Waals surface area contributed by atoms with E-state index < -0.39 is 11.4 Å². The van der Waals surface area contributed by atoms with Crippen LogP contribution in [0.2, 0.25) is 10.0 Å². The number of ether oxygens (including phenoxy) is 3. The summed E-state index contributed by atoms with van der Waals surface area (Å²) in [4.78, 5) is 35.3. The number of methoxy groups -OCH3 is 2. The maximum absolute atomic E-state index is 11.9. The Bertz CT molecular complexity index is 2210. The number of aliphatic carboxylic acids is 1. The number of nitrogens with one attached hydrogen (secondary N) is 2. The van der Waals surface area contributed by atoms with E-state index in [1.807, 2.05) is 43.3 Å². The van der Waals surface area contributed by atoms with Gasteiger partial charge in [-0.05, 0) is 72.4 Å². The maximum Gasteiger partial charge on any atom is 0.311 e. The van der Waals surface area contributed by atoms with Gasteiger partial charge < -0.3 is 30.0 Å². The third-order valence-corrected chi connectivity index (χ3v) is 12.9. The second kappa shape index (κ2) is 13.4. The minimum Gasteiger partial charge on any atom is -0.481 e. The van der Waals surface area contributed by atoms with Gasteiger partial charge >= 0.3 is 5.97 Å². The van der Waals surface area contributed by atoms with Crippen molar-refractivity contribution in [3.8, 4) is 40.0 Å². The average molecular weight is 771 g/mol. The molecule has 5 heterocycles. The van der Waals surface area contributed by atoms with Gasteiger partial charge in [-0.25, -0.2) is 4.98 Å². The Hall–Kier alpha value is -4.42. The molecule has 0 spiro atoms. The summed E-state index contributed by atoms with van der Waals surface area (Å²) >= 11 is 14.0. The molecule has 2 saturated carbocycles. The van der Waals surface area contributed by atoms with Crippen LogP contribution in [0.25, 0.3) is 22.4 Å². The fraction of sp³-hybridized carbons (Fsp3) is 0.415. The van der Waals surface area contributed by atoms with Crippen LogP contribution in [0.4, 0.5) is 0 Å². The second-order valence-electron chi connectivity index (χ2n) is 15.1. The van der Waals surface area contributed by atoms with E-state index in [-0.39, 0.29) is 30.0 Å². The van der Waals surface area contributed by atoms with Gasteiger partial charge in [0.05, 0.1) is 30.4 Å². The van der Waals surface area contributed by atoms with E-state index in [2.05, 4.69) is 32.7 Å². The van der Waals surface area contributed by atoms with E-state index in [0.717, 1.165) is 70.3 Å². The first-order chi connectivity index (χ1) is 26.1. The zero-order valence-corrected chi connectivity index (χ0v) is 31.8. The molecule has 2 aromatic heterocycles. The van der Waals surface area contributed by atoms with Crippen molar-refractivity contribution in [1.82, 2.24) is 25.5 Å². The molecule has 10 rings (SSSR count). The van der Waals surface area contributed by atoms with Gasteiger partial charge in [0.1, 0.15) is 11.1 Å². The minimum atomic E-state index is -0.658. The van der Waals surface area contributed by atoms with Crippen molar-refractivity contribution in [2.45, 2.75) is 63.9 Å². The van der Waals surface area contributed by atoms with Crippen molar-refractivity contribution >= 4 is 35.1 Å². The Labute approximate surface area is 323 Å². The summed E-state index contributed by atoms with van der Waals surface area (Å²) in [6, 6.07) is 16.3. The van der Waals surface area contributed by atoms with E-state index in [1.165, 1.54) is 0 Å². The molecule has 2 unspecified atom stereocenters. The lowest BCUT2D eigenvalue weighted by Crippen LogP contribution is -2.35. The van der Waals surface area contributed by atoms with Gasteiger partial charge in [0.25, 0.3) is 0 Å². The van der Waals surface area contributed by atoms with Crippen LogP contribution in [-0.4, -0.2) is 71.2 Å². The summed E-state index contributed by atoms with van der Waals surface area (Å²) in [5, 5.41) is 17.1. The number of hydrogen-bond donors (Lipinski definition) is 3. The molecule has 3 N–H and O–H groups in total. The minimum absolute atomic E-state index is 0.0863. The van der Waals surface area contributed by atoms with Crippen LogP contribution in [0.3, 0.4) is 0 Å². The highest BCUT2D eigenvalue weighted by atomic mass is 35.5. The lowest BCUT2D eigenvalue weighted by molar-refractivity contribution is -0.141. The van der Waals surface area contributed by atoms with Crippen LogP contribution in [0.15, 0.2) is 48.5 Å². The average Bonchev–Trinajstić information content (AvgIpc) is 3.59. The second-order valence-corrected chi connectivity index (χ2v) is 15.9. The zero-order chi connectivity index (χ0) is 37.5. The fourth-order valence-electron chi connectivity index (χ4n) is 9.53. The quantitative estimate of drug-likeness (QED) is 0.140. The number of carbonyl (C=O) groups is 2. The summed E-state index contributed by atoms with van der Waals surface area (Å²) in [7, 11) is 3.20. The molecule has 1 amide bonds. The number of carboxylic acids is 1. The van der Waals surface area contributed by atoms with Gasteiger partial charge in [0.15, 0.2) is 0 Å². The summed E-state index contributed by atoms with van der Waals surface area (Å²) < 4.78 is 17.9. The third-order valence-electron chi connectivity index (χ3n) is 12.3. The lowest BCUT2D eigenvalue weighted by atomic mass is 9.94. The number of piperidine rings is 1. The van der Waals surface area contributed by atoms with E-state index in [9.17, 15) is 14.7 Å². The standard InChI is InChI=1S/C41H41Cl2N5O6/c1-20-14-31(46-38(53-3)28(20)18-48-19-29-34-36(48)41(29,34)40(50)51)27-9-5-8-26(35(27)43)23-6-4-7-25-24(23)11-12-32(25)54-39-30(42)15-21(37(47-39)52-2)16-44-17-22-10-13-33(49)45-22/h4-9,14-15,22,29,32,34,36,44H,10-13,16-19H2,1-3H3,(H,45,49)(H,50,51)/t22-,29+,32-,34?,36?,41-/m0/s1. The predicted octanol–water partition coefficient (Wildman–Crippen LogP) is 6.39. The van der Waals surface area contributed by atoms with Crippen LogP contribution in [0, 0.1) is 24.2 Å².